The van der Waals surface area contributed by atoms with Gasteiger partial charge < -0.3 is 4.90 Å². The molecule has 1 unspecified atom stereocenters. The first-order valence-corrected chi connectivity index (χ1v) is 10.0. The molecule has 0 radical (unpaired) electrons. The van der Waals surface area contributed by atoms with E-state index in [2.05, 4.69) is 93.3 Å². The van der Waals surface area contributed by atoms with Gasteiger partial charge in [0.25, 0.3) is 0 Å². The number of nitrogens with zero attached hydrogens (tertiary/aromatic N) is 1. The van der Waals surface area contributed by atoms with Gasteiger partial charge in [0, 0.05) is 17.4 Å². The molecule has 0 aromatic heterocycles. The summed E-state index contributed by atoms with van der Waals surface area (Å²) >= 11 is 0. The Morgan fingerprint density at radius 2 is 1.28 bits per heavy atom. The lowest BCUT2D eigenvalue weighted by atomic mass is 9.77. The summed E-state index contributed by atoms with van der Waals surface area (Å²) in [7, 11) is 0. The van der Waals surface area contributed by atoms with Crippen LogP contribution in [0.1, 0.15) is 66.2 Å². The van der Waals surface area contributed by atoms with E-state index < -0.39 is 0 Å². The lowest BCUT2D eigenvalue weighted by Crippen LogP contribution is -2.36. The fourth-order valence-electron chi connectivity index (χ4n) is 3.62. The molecule has 1 nitrogen and oxygen atoms in total. The zero-order valence-corrected chi connectivity index (χ0v) is 16.5. The van der Waals surface area contributed by atoms with E-state index in [4.69, 9.17) is 0 Å². The van der Waals surface area contributed by atoms with Gasteiger partial charge in [-0.05, 0) is 42.5 Å². The van der Waals surface area contributed by atoms with E-state index in [9.17, 15) is 0 Å². The Bertz CT molecular complexity index is 547. The molecular weight excluding hydrogens is 302 g/mol. The average Bonchev–Trinajstić information content (AvgIpc) is 2.67. The van der Waals surface area contributed by atoms with Crippen molar-refractivity contribution in [3.63, 3.8) is 0 Å². The molecule has 0 bridgehead atoms. The van der Waals surface area contributed by atoms with E-state index in [1.54, 1.807) is 0 Å². The molecule has 0 aliphatic rings. The molecule has 2 aromatic rings. The van der Waals surface area contributed by atoms with Gasteiger partial charge in [-0.1, -0.05) is 89.8 Å². The molecule has 2 aromatic carbocycles. The first-order valence-electron chi connectivity index (χ1n) is 10.0. The molecule has 25 heavy (non-hydrogen) atoms. The number of unbranched alkanes of at least 4 members (excludes halogenated alkanes) is 1. The maximum Gasteiger partial charge on any atom is 0.0413 e. The van der Waals surface area contributed by atoms with Crippen LogP contribution in [-0.4, -0.2) is 6.04 Å². The minimum absolute atomic E-state index is 0.403. The predicted molar refractivity (Wildman–Crippen MR) is 112 cm³/mol. The smallest absolute Gasteiger partial charge is 0.0413 e. The molecule has 0 amide bonds. The van der Waals surface area contributed by atoms with Crippen LogP contribution >= 0.6 is 0 Å². The largest absolute Gasteiger partial charge is 0.338 e. The standard InChI is InChI=1S/C24H35N/c1-5-8-15-23(20-24(4,6-2)7-3)25(21-16-11-9-12-17-21)22-18-13-10-14-19-22/h9-14,16-19,23H,5-8,15,20H2,1-4H3. The van der Waals surface area contributed by atoms with Crippen LogP contribution in [0.2, 0.25) is 0 Å². The van der Waals surface area contributed by atoms with Crippen molar-refractivity contribution in [2.75, 3.05) is 4.90 Å². The molecule has 0 saturated carbocycles. The first kappa shape index (κ1) is 19.6. The summed E-state index contributed by atoms with van der Waals surface area (Å²) in [5, 5.41) is 0. The highest BCUT2D eigenvalue weighted by molar-refractivity contribution is 5.64. The molecule has 136 valence electrons. The van der Waals surface area contributed by atoms with Gasteiger partial charge in [-0.2, -0.15) is 0 Å². The van der Waals surface area contributed by atoms with E-state index in [1.165, 1.54) is 49.9 Å². The SMILES string of the molecule is CCCCC(CC(C)(CC)CC)N(c1ccccc1)c1ccccc1. The molecule has 0 heterocycles. The van der Waals surface area contributed by atoms with Crippen LogP contribution in [0.3, 0.4) is 0 Å². The Hall–Kier alpha value is -1.76. The highest BCUT2D eigenvalue weighted by atomic mass is 15.2. The second-order valence-corrected chi connectivity index (χ2v) is 7.56. The van der Waals surface area contributed by atoms with Gasteiger partial charge in [0.05, 0.1) is 0 Å². The maximum atomic E-state index is 2.58. The third kappa shape index (κ3) is 5.36. The zero-order valence-electron chi connectivity index (χ0n) is 16.5. The number of anilines is 2. The fraction of sp³-hybridized carbons (Fsp3) is 0.500. The number of para-hydroxylation sites is 2. The summed E-state index contributed by atoms with van der Waals surface area (Å²) in [6.45, 7) is 9.44. The topological polar surface area (TPSA) is 3.24 Å². The molecule has 0 spiro atoms. The number of rotatable bonds is 10. The van der Waals surface area contributed by atoms with Crippen LogP contribution in [0.25, 0.3) is 0 Å². The first-order chi connectivity index (χ1) is 12.1. The molecule has 0 N–H and O–H groups in total. The van der Waals surface area contributed by atoms with Crippen LogP contribution in [0.15, 0.2) is 60.7 Å². The van der Waals surface area contributed by atoms with E-state index in [1.807, 2.05) is 0 Å². The summed E-state index contributed by atoms with van der Waals surface area (Å²) in [6, 6.07) is 22.4. The van der Waals surface area contributed by atoms with Crippen molar-refractivity contribution in [1.82, 2.24) is 0 Å². The molecule has 0 saturated heterocycles. The lowest BCUT2D eigenvalue weighted by Gasteiger charge is -2.40. The highest BCUT2D eigenvalue weighted by Gasteiger charge is 2.29. The molecule has 0 fully saturated rings. The van der Waals surface area contributed by atoms with Gasteiger partial charge in [0.1, 0.15) is 0 Å². The fourth-order valence-corrected chi connectivity index (χ4v) is 3.62. The van der Waals surface area contributed by atoms with Gasteiger partial charge in [-0.25, -0.2) is 0 Å². The predicted octanol–water partition coefficient (Wildman–Crippen LogP) is 7.60. The molecule has 2 rings (SSSR count). The zero-order chi connectivity index (χ0) is 18.1. The molecule has 0 aliphatic heterocycles. The van der Waals surface area contributed by atoms with Crippen LogP contribution < -0.4 is 4.90 Å². The van der Waals surface area contributed by atoms with E-state index in [-0.39, 0.29) is 0 Å². The van der Waals surface area contributed by atoms with Crippen molar-refractivity contribution in [3.8, 4) is 0 Å². The Morgan fingerprint density at radius 1 is 0.800 bits per heavy atom. The molecule has 1 heteroatoms. The van der Waals surface area contributed by atoms with Gasteiger partial charge in [-0.15, -0.1) is 0 Å². The van der Waals surface area contributed by atoms with E-state index in [0.29, 0.717) is 11.5 Å². The summed E-state index contributed by atoms with van der Waals surface area (Å²) in [4.78, 5) is 2.58. The monoisotopic (exact) mass is 337 g/mol. The number of hydrogen-bond acceptors (Lipinski definition) is 1. The van der Waals surface area contributed by atoms with Gasteiger partial charge in [-0.3, -0.25) is 0 Å². The molecule has 0 aliphatic carbocycles. The van der Waals surface area contributed by atoms with Gasteiger partial charge in [0.15, 0.2) is 0 Å². The number of benzene rings is 2. The quantitative estimate of drug-likeness (QED) is 0.431. The summed E-state index contributed by atoms with van der Waals surface area (Å²) in [6.07, 6.45) is 7.50. The number of hydrogen-bond donors (Lipinski definition) is 0. The molecule has 1 atom stereocenters. The Labute approximate surface area is 155 Å². The summed E-state index contributed by atoms with van der Waals surface area (Å²) in [5.41, 5.74) is 3.02. The highest BCUT2D eigenvalue weighted by Crippen LogP contribution is 2.38. The second-order valence-electron chi connectivity index (χ2n) is 7.56. The normalized spacial score (nSPS) is 12.8. The van der Waals surface area contributed by atoms with Crippen LogP contribution in [0.5, 0.6) is 0 Å². The van der Waals surface area contributed by atoms with E-state index >= 15 is 0 Å². The Morgan fingerprint density at radius 3 is 1.68 bits per heavy atom. The third-order valence-electron chi connectivity index (χ3n) is 5.76. The van der Waals surface area contributed by atoms with Crippen LogP contribution in [0.4, 0.5) is 11.4 Å². The van der Waals surface area contributed by atoms with Crippen molar-refractivity contribution in [3.05, 3.63) is 60.7 Å². The lowest BCUT2D eigenvalue weighted by molar-refractivity contribution is 0.243. The minimum atomic E-state index is 0.403. The van der Waals surface area contributed by atoms with Crippen molar-refractivity contribution in [2.24, 2.45) is 5.41 Å². The van der Waals surface area contributed by atoms with Gasteiger partial charge >= 0.3 is 0 Å². The van der Waals surface area contributed by atoms with Gasteiger partial charge in [0.2, 0.25) is 0 Å². The van der Waals surface area contributed by atoms with E-state index in [0.717, 1.165) is 0 Å². The molecular formula is C24H35N. The minimum Gasteiger partial charge on any atom is -0.338 e. The van der Waals surface area contributed by atoms with Crippen molar-refractivity contribution >= 4 is 11.4 Å². The Balaban J connectivity index is 2.42. The van der Waals surface area contributed by atoms with Crippen molar-refractivity contribution < 1.29 is 0 Å². The maximum absolute atomic E-state index is 2.58. The van der Waals surface area contributed by atoms with Crippen LogP contribution in [0, 0.1) is 5.41 Å². The average molecular weight is 338 g/mol. The van der Waals surface area contributed by atoms with Crippen LogP contribution in [-0.2, 0) is 0 Å². The summed E-state index contributed by atoms with van der Waals surface area (Å²) < 4.78 is 0. The van der Waals surface area contributed by atoms with Crippen molar-refractivity contribution in [2.45, 2.75) is 72.3 Å². The second kappa shape index (κ2) is 9.65. The van der Waals surface area contributed by atoms with Crippen molar-refractivity contribution in [1.29, 1.82) is 0 Å². The summed E-state index contributed by atoms with van der Waals surface area (Å²) in [5.74, 6) is 0. The third-order valence-corrected chi connectivity index (χ3v) is 5.76. The Kier molecular flexibility index (Phi) is 7.55.